The molecule has 1 aliphatic rings. The fourth-order valence-electron chi connectivity index (χ4n) is 2.49. The third-order valence-electron chi connectivity index (χ3n) is 3.42. The number of piperazine rings is 1. The van der Waals surface area contributed by atoms with E-state index < -0.39 is 0 Å². The Morgan fingerprint density at radius 1 is 1.24 bits per heavy atom. The van der Waals surface area contributed by atoms with Crippen molar-refractivity contribution in [2.75, 3.05) is 26.2 Å². The van der Waals surface area contributed by atoms with Crippen molar-refractivity contribution >= 4 is 10.9 Å². The van der Waals surface area contributed by atoms with Crippen LogP contribution in [0.4, 0.5) is 0 Å². The van der Waals surface area contributed by atoms with E-state index in [1.165, 1.54) is 16.6 Å². The van der Waals surface area contributed by atoms with Gasteiger partial charge in [0.1, 0.15) is 0 Å². The molecule has 0 saturated carbocycles. The van der Waals surface area contributed by atoms with Crippen LogP contribution in [0.25, 0.3) is 10.9 Å². The lowest BCUT2D eigenvalue weighted by Gasteiger charge is -2.26. The van der Waals surface area contributed by atoms with Crippen LogP contribution in [-0.2, 0) is 13.6 Å². The lowest BCUT2D eigenvalue weighted by molar-refractivity contribution is 0.231. The second-order valence-corrected chi connectivity index (χ2v) is 4.61. The highest BCUT2D eigenvalue weighted by Crippen LogP contribution is 2.18. The van der Waals surface area contributed by atoms with Crippen LogP contribution in [-0.4, -0.2) is 40.9 Å². The van der Waals surface area contributed by atoms with Gasteiger partial charge in [-0.05, 0) is 6.07 Å². The molecule has 3 rings (SSSR count). The van der Waals surface area contributed by atoms with Gasteiger partial charge >= 0.3 is 0 Å². The standard InChI is InChI=1S/C13H18N4/c1-16-13-5-3-2-4-11(13)12(15-16)10-17-8-6-14-7-9-17/h2-5,14H,6-10H2,1H3. The van der Waals surface area contributed by atoms with E-state index >= 15 is 0 Å². The second kappa shape index (κ2) is 4.47. The molecule has 1 aromatic carbocycles. The first-order valence-electron chi connectivity index (χ1n) is 6.18. The number of hydrogen-bond acceptors (Lipinski definition) is 3. The van der Waals surface area contributed by atoms with Crippen molar-refractivity contribution in [2.45, 2.75) is 6.54 Å². The molecule has 1 fully saturated rings. The van der Waals surface area contributed by atoms with E-state index in [-0.39, 0.29) is 0 Å². The molecule has 1 saturated heterocycles. The molecule has 0 aliphatic carbocycles. The van der Waals surface area contributed by atoms with Crippen LogP contribution >= 0.6 is 0 Å². The minimum absolute atomic E-state index is 0.961. The van der Waals surface area contributed by atoms with Gasteiger partial charge in [-0.3, -0.25) is 9.58 Å². The van der Waals surface area contributed by atoms with Gasteiger partial charge < -0.3 is 5.32 Å². The van der Waals surface area contributed by atoms with Crippen LogP contribution in [0.1, 0.15) is 5.69 Å². The summed E-state index contributed by atoms with van der Waals surface area (Å²) in [6, 6.07) is 8.45. The van der Waals surface area contributed by atoms with Crippen molar-refractivity contribution in [1.82, 2.24) is 20.0 Å². The summed E-state index contributed by atoms with van der Waals surface area (Å²) in [5.74, 6) is 0. The fourth-order valence-corrected chi connectivity index (χ4v) is 2.49. The Balaban J connectivity index is 1.89. The molecule has 0 unspecified atom stereocenters. The van der Waals surface area contributed by atoms with Gasteiger partial charge in [0.25, 0.3) is 0 Å². The number of fused-ring (bicyclic) bond motifs is 1. The zero-order valence-corrected chi connectivity index (χ0v) is 10.2. The van der Waals surface area contributed by atoms with Gasteiger partial charge in [0.15, 0.2) is 0 Å². The molecule has 17 heavy (non-hydrogen) atoms. The van der Waals surface area contributed by atoms with Gasteiger partial charge in [-0.25, -0.2) is 0 Å². The topological polar surface area (TPSA) is 33.1 Å². The molecule has 0 radical (unpaired) electrons. The highest BCUT2D eigenvalue weighted by Gasteiger charge is 2.14. The van der Waals surface area contributed by atoms with Crippen LogP contribution < -0.4 is 5.32 Å². The summed E-state index contributed by atoms with van der Waals surface area (Å²) in [5, 5.41) is 9.30. The summed E-state index contributed by atoms with van der Waals surface area (Å²) in [6.45, 7) is 5.37. The predicted molar refractivity (Wildman–Crippen MR) is 68.9 cm³/mol. The zero-order chi connectivity index (χ0) is 11.7. The molecule has 0 amide bonds. The molecule has 1 N–H and O–H groups in total. The SMILES string of the molecule is Cn1nc(CN2CCNCC2)c2ccccc21. The summed E-state index contributed by atoms with van der Waals surface area (Å²) in [7, 11) is 2.02. The van der Waals surface area contributed by atoms with Crippen LogP contribution in [0.3, 0.4) is 0 Å². The summed E-state index contributed by atoms with van der Waals surface area (Å²) in [6.07, 6.45) is 0. The Morgan fingerprint density at radius 2 is 2.00 bits per heavy atom. The molecule has 2 aromatic rings. The lowest BCUT2D eigenvalue weighted by Crippen LogP contribution is -2.43. The Kier molecular flexibility index (Phi) is 2.82. The van der Waals surface area contributed by atoms with Gasteiger partial charge in [0.2, 0.25) is 0 Å². The molecular weight excluding hydrogens is 212 g/mol. The molecule has 90 valence electrons. The molecule has 0 atom stereocenters. The number of benzene rings is 1. The van der Waals surface area contributed by atoms with Gasteiger partial charge in [-0.1, -0.05) is 18.2 Å². The van der Waals surface area contributed by atoms with E-state index in [2.05, 4.69) is 39.6 Å². The molecule has 2 heterocycles. The monoisotopic (exact) mass is 230 g/mol. The summed E-state index contributed by atoms with van der Waals surface area (Å²) < 4.78 is 1.98. The molecule has 0 bridgehead atoms. The van der Waals surface area contributed by atoms with E-state index in [0.717, 1.165) is 32.7 Å². The molecule has 1 aromatic heterocycles. The van der Waals surface area contributed by atoms with Crippen molar-refractivity contribution in [3.63, 3.8) is 0 Å². The minimum Gasteiger partial charge on any atom is -0.314 e. The molecule has 4 nitrogen and oxygen atoms in total. The quantitative estimate of drug-likeness (QED) is 0.835. The fraction of sp³-hybridized carbons (Fsp3) is 0.462. The number of aromatic nitrogens is 2. The van der Waals surface area contributed by atoms with Crippen LogP contribution in [0, 0.1) is 0 Å². The average molecular weight is 230 g/mol. The zero-order valence-electron chi connectivity index (χ0n) is 10.2. The van der Waals surface area contributed by atoms with Crippen LogP contribution in [0.5, 0.6) is 0 Å². The van der Waals surface area contributed by atoms with Crippen LogP contribution in [0.2, 0.25) is 0 Å². The number of nitrogens with zero attached hydrogens (tertiary/aromatic N) is 3. The third-order valence-corrected chi connectivity index (χ3v) is 3.42. The average Bonchev–Trinajstić information content (AvgIpc) is 2.69. The first-order chi connectivity index (χ1) is 8.34. The summed E-state index contributed by atoms with van der Waals surface area (Å²) in [4.78, 5) is 2.46. The van der Waals surface area contributed by atoms with Gasteiger partial charge in [0.05, 0.1) is 11.2 Å². The van der Waals surface area contributed by atoms with Crippen molar-refractivity contribution in [3.8, 4) is 0 Å². The second-order valence-electron chi connectivity index (χ2n) is 4.61. The highest BCUT2D eigenvalue weighted by molar-refractivity contribution is 5.81. The maximum Gasteiger partial charge on any atom is 0.0843 e. The largest absolute Gasteiger partial charge is 0.314 e. The first kappa shape index (κ1) is 10.7. The van der Waals surface area contributed by atoms with E-state index in [9.17, 15) is 0 Å². The normalized spacial score (nSPS) is 17.7. The minimum atomic E-state index is 0.961. The Morgan fingerprint density at radius 3 is 2.82 bits per heavy atom. The van der Waals surface area contributed by atoms with Crippen molar-refractivity contribution in [1.29, 1.82) is 0 Å². The van der Waals surface area contributed by atoms with E-state index in [1.807, 2.05) is 11.7 Å². The van der Waals surface area contributed by atoms with Gasteiger partial charge in [-0.15, -0.1) is 0 Å². The number of aryl methyl sites for hydroxylation is 1. The van der Waals surface area contributed by atoms with Gasteiger partial charge in [-0.2, -0.15) is 5.10 Å². The van der Waals surface area contributed by atoms with Crippen molar-refractivity contribution < 1.29 is 0 Å². The molecule has 4 heteroatoms. The van der Waals surface area contributed by atoms with E-state index in [4.69, 9.17) is 0 Å². The van der Waals surface area contributed by atoms with Crippen molar-refractivity contribution in [3.05, 3.63) is 30.0 Å². The van der Waals surface area contributed by atoms with E-state index in [0.29, 0.717) is 0 Å². The maximum atomic E-state index is 4.64. The number of nitrogens with one attached hydrogen (secondary N) is 1. The predicted octanol–water partition coefficient (Wildman–Crippen LogP) is 0.978. The smallest absolute Gasteiger partial charge is 0.0843 e. The highest BCUT2D eigenvalue weighted by atomic mass is 15.3. The summed E-state index contributed by atoms with van der Waals surface area (Å²) in [5.41, 5.74) is 2.42. The molecule has 0 spiro atoms. The van der Waals surface area contributed by atoms with Crippen LogP contribution in [0.15, 0.2) is 24.3 Å². The third kappa shape index (κ3) is 2.06. The number of para-hydroxylation sites is 1. The Hall–Kier alpha value is -1.39. The maximum absolute atomic E-state index is 4.64. The van der Waals surface area contributed by atoms with E-state index in [1.54, 1.807) is 0 Å². The Labute approximate surface area is 101 Å². The van der Waals surface area contributed by atoms with Gasteiger partial charge in [0, 0.05) is 45.2 Å². The Bertz CT molecular complexity index is 511. The van der Waals surface area contributed by atoms with Crippen molar-refractivity contribution in [2.24, 2.45) is 7.05 Å². The summed E-state index contributed by atoms with van der Waals surface area (Å²) >= 11 is 0. The first-order valence-corrected chi connectivity index (χ1v) is 6.18. The number of rotatable bonds is 2. The lowest BCUT2D eigenvalue weighted by atomic mass is 10.2. The number of hydrogen-bond donors (Lipinski definition) is 1. The molecule has 1 aliphatic heterocycles. The molecular formula is C13H18N4.